The van der Waals surface area contributed by atoms with Crippen LogP contribution in [-0.4, -0.2) is 10.2 Å². The van der Waals surface area contributed by atoms with E-state index in [-0.39, 0.29) is 48.7 Å². The topological polar surface area (TPSA) is 40.5 Å². The molecule has 0 unspecified atom stereocenters. The van der Waals surface area contributed by atoms with Crippen molar-refractivity contribution >= 4 is 69.6 Å². The Bertz CT molecular complexity index is 526. The Morgan fingerprint density at radius 1 is 0.524 bits per heavy atom. The van der Waals surface area contributed by atoms with E-state index in [2.05, 4.69) is 0 Å². The number of halogens is 6. The van der Waals surface area contributed by atoms with E-state index < -0.39 is 0 Å². The van der Waals surface area contributed by atoms with E-state index in [0.29, 0.717) is 10.0 Å². The molecule has 0 aromatic heterocycles. The van der Waals surface area contributed by atoms with Gasteiger partial charge in [-0.25, -0.2) is 0 Å². The molecule has 9 heteroatoms. The molecule has 0 bridgehead atoms. The van der Waals surface area contributed by atoms with E-state index in [1.165, 1.54) is 24.3 Å². The molecule has 0 aliphatic carbocycles. The van der Waals surface area contributed by atoms with Crippen LogP contribution in [0.2, 0.25) is 30.1 Å². The number of hydrogen-bond acceptors (Lipinski definition) is 2. The first-order valence-corrected chi connectivity index (χ1v) is 7.17. The quantitative estimate of drug-likeness (QED) is 0.341. The summed E-state index contributed by atoms with van der Waals surface area (Å²) in [7, 11) is 0. The third-order valence-corrected chi connectivity index (χ3v) is 4.60. The minimum Gasteiger partial charge on any atom is -0.506 e. The molecule has 21 heavy (non-hydrogen) atoms. The van der Waals surface area contributed by atoms with Crippen LogP contribution in [0.25, 0.3) is 0 Å². The van der Waals surface area contributed by atoms with Gasteiger partial charge in [0.25, 0.3) is 0 Å². The summed E-state index contributed by atoms with van der Waals surface area (Å²) in [5.41, 5.74) is 0. The number of phenols is 2. The van der Waals surface area contributed by atoms with Gasteiger partial charge >= 0.3 is 0 Å². The molecule has 0 saturated carbocycles. The molecular weight excluding hydrogens is 452 g/mol. The zero-order valence-corrected chi connectivity index (χ0v) is 15.3. The standard InChI is InChI=1S/2C6H3Cl3O.Cu/c2*7-3-1-2-4(10)6(9)5(3)8;/h2*1-2,10H;. The zero-order valence-electron chi connectivity index (χ0n) is 9.77. The first-order valence-electron chi connectivity index (χ1n) is 4.90. The van der Waals surface area contributed by atoms with Crippen molar-refractivity contribution in [2.24, 2.45) is 0 Å². The van der Waals surface area contributed by atoms with Gasteiger partial charge in [0.05, 0.1) is 20.1 Å². The van der Waals surface area contributed by atoms with Crippen LogP contribution in [0.4, 0.5) is 0 Å². The molecule has 2 rings (SSSR count). The summed E-state index contributed by atoms with van der Waals surface area (Å²) >= 11 is 33.3. The van der Waals surface area contributed by atoms with Gasteiger partial charge in [0.1, 0.15) is 21.5 Å². The van der Waals surface area contributed by atoms with Gasteiger partial charge in [0.15, 0.2) is 0 Å². The monoisotopic (exact) mass is 455 g/mol. The first kappa shape index (κ1) is 21.3. The minimum absolute atomic E-state index is 0. The molecule has 2 aromatic carbocycles. The fourth-order valence-corrected chi connectivity index (χ4v) is 2.09. The van der Waals surface area contributed by atoms with Crippen molar-refractivity contribution in [1.82, 2.24) is 0 Å². The van der Waals surface area contributed by atoms with Gasteiger partial charge < -0.3 is 10.2 Å². The Morgan fingerprint density at radius 2 is 0.810 bits per heavy atom. The summed E-state index contributed by atoms with van der Waals surface area (Å²) in [6, 6.07) is 5.73. The van der Waals surface area contributed by atoms with Crippen molar-refractivity contribution in [1.29, 1.82) is 0 Å². The Kier molecular flexibility index (Phi) is 9.58. The second-order valence-electron chi connectivity index (χ2n) is 3.39. The van der Waals surface area contributed by atoms with Crippen LogP contribution in [0.1, 0.15) is 0 Å². The summed E-state index contributed by atoms with van der Waals surface area (Å²) in [4.78, 5) is 0. The zero-order chi connectivity index (χ0) is 15.4. The van der Waals surface area contributed by atoms with E-state index in [0.717, 1.165) is 0 Å². The first-order chi connectivity index (χ1) is 9.25. The van der Waals surface area contributed by atoms with Crippen LogP contribution in [0, 0.1) is 0 Å². The van der Waals surface area contributed by atoms with Gasteiger partial charge in [-0.1, -0.05) is 69.6 Å². The fraction of sp³-hybridized carbons (Fsp3) is 0. The molecule has 0 heterocycles. The summed E-state index contributed by atoms with van der Waals surface area (Å²) < 4.78 is 0. The molecule has 2 aromatic rings. The molecule has 0 aliphatic rings. The summed E-state index contributed by atoms with van der Waals surface area (Å²) in [6.45, 7) is 0. The van der Waals surface area contributed by atoms with Gasteiger partial charge in [-0.3, -0.25) is 0 Å². The van der Waals surface area contributed by atoms with Crippen molar-refractivity contribution in [3.05, 3.63) is 54.4 Å². The normalized spacial score (nSPS) is 9.43. The van der Waals surface area contributed by atoms with Crippen LogP contribution in [0.5, 0.6) is 11.5 Å². The van der Waals surface area contributed by atoms with E-state index in [1.54, 1.807) is 0 Å². The molecule has 119 valence electrons. The predicted octanol–water partition coefficient (Wildman–Crippen LogP) is 6.70. The van der Waals surface area contributed by atoms with Crippen molar-refractivity contribution in [3.63, 3.8) is 0 Å². The average molecular weight is 458 g/mol. The van der Waals surface area contributed by atoms with Crippen LogP contribution in [0.3, 0.4) is 0 Å². The Balaban J connectivity index is 0.000000364. The van der Waals surface area contributed by atoms with Gasteiger partial charge in [-0.05, 0) is 24.3 Å². The molecule has 0 spiro atoms. The number of benzene rings is 2. The Morgan fingerprint density at radius 3 is 1.05 bits per heavy atom. The number of hydrogen-bond donors (Lipinski definition) is 2. The molecule has 2 nitrogen and oxygen atoms in total. The Labute approximate surface area is 161 Å². The van der Waals surface area contributed by atoms with Crippen LogP contribution < -0.4 is 0 Å². The van der Waals surface area contributed by atoms with Gasteiger partial charge in [-0.2, -0.15) is 0 Å². The maximum Gasteiger partial charge on any atom is 0.135 e. The van der Waals surface area contributed by atoms with Crippen molar-refractivity contribution in [2.75, 3.05) is 0 Å². The second-order valence-corrected chi connectivity index (χ2v) is 5.72. The predicted molar refractivity (Wildman–Crippen MR) is 86.3 cm³/mol. The molecular formula is C12H6Cl6CuO2. The fourth-order valence-electron chi connectivity index (χ4n) is 1.03. The van der Waals surface area contributed by atoms with Gasteiger partial charge in [-0.15, -0.1) is 0 Å². The molecule has 0 aliphatic heterocycles. The molecule has 1 radical (unpaired) electrons. The molecule has 0 atom stereocenters. The maximum atomic E-state index is 8.95. The average Bonchev–Trinajstić information content (AvgIpc) is 2.43. The van der Waals surface area contributed by atoms with E-state index >= 15 is 0 Å². The number of aromatic hydroxyl groups is 2. The van der Waals surface area contributed by atoms with E-state index in [4.69, 9.17) is 79.8 Å². The van der Waals surface area contributed by atoms with E-state index in [9.17, 15) is 0 Å². The molecule has 0 fully saturated rings. The molecule has 0 saturated heterocycles. The summed E-state index contributed by atoms with van der Waals surface area (Å²) in [6.07, 6.45) is 0. The van der Waals surface area contributed by atoms with Gasteiger partial charge in [0.2, 0.25) is 0 Å². The van der Waals surface area contributed by atoms with Crippen molar-refractivity contribution in [3.8, 4) is 11.5 Å². The SMILES string of the molecule is Oc1ccc(Cl)c(Cl)c1Cl.Oc1ccc(Cl)c(Cl)c1Cl.[Cu]. The minimum atomic E-state index is -0.0592. The van der Waals surface area contributed by atoms with Crippen LogP contribution in [0.15, 0.2) is 24.3 Å². The summed E-state index contributed by atoms with van der Waals surface area (Å²) in [5.74, 6) is -0.118. The smallest absolute Gasteiger partial charge is 0.135 e. The number of rotatable bonds is 0. The summed E-state index contributed by atoms with van der Waals surface area (Å²) in [5, 5.41) is 19.1. The third kappa shape index (κ3) is 5.78. The largest absolute Gasteiger partial charge is 0.506 e. The van der Waals surface area contributed by atoms with Crippen LogP contribution in [-0.2, 0) is 17.1 Å². The number of phenolic OH excluding ortho intramolecular Hbond substituents is 2. The van der Waals surface area contributed by atoms with Crippen LogP contribution >= 0.6 is 69.6 Å². The second kappa shape index (κ2) is 9.44. The van der Waals surface area contributed by atoms with Crippen molar-refractivity contribution in [2.45, 2.75) is 0 Å². The maximum absolute atomic E-state index is 8.95. The third-order valence-electron chi connectivity index (χ3n) is 2.03. The van der Waals surface area contributed by atoms with E-state index in [1.807, 2.05) is 0 Å². The molecule has 0 amide bonds. The Hall–Kier alpha value is 0.299. The molecule has 2 N–H and O–H groups in total. The van der Waals surface area contributed by atoms with Crippen molar-refractivity contribution < 1.29 is 27.3 Å². The van der Waals surface area contributed by atoms with Gasteiger partial charge in [0, 0.05) is 17.1 Å².